The lowest BCUT2D eigenvalue weighted by Gasteiger charge is -2.39. The molecule has 0 amide bonds. The van der Waals surface area contributed by atoms with Gasteiger partial charge in [0.2, 0.25) is 6.29 Å². The molecule has 0 radical (unpaired) electrons. The quantitative estimate of drug-likeness (QED) is 0.572. The number of benzene rings is 1. The van der Waals surface area contributed by atoms with Crippen molar-refractivity contribution < 1.29 is 29.9 Å². The van der Waals surface area contributed by atoms with Crippen molar-refractivity contribution >= 4 is 0 Å². The summed E-state index contributed by atoms with van der Waals surface area (Å²) in [4.78, 5) is 0. The molecule has 0 aliphatic carbocycles. The maximum atomic E-state index is 9.81. The van der Waals surface area contributed by atoms with Gasteiger partial charge in [0.1, 0.15) is 30.2 Å². The van der Waals surface area contributed by atoms with Gasteiger partial charge in [-0.15, -0.1) is 0 Å². The molecule has 6 heteroatoms. The van der Waals surface area contributed by atoms with E-state index in [1.165, 1.54) is 0 Å². The van der Waals surface area contributed by atoms with E-state index in [0.717, 1.165) is 5.56 Å². The molecule has 1 fully saturated rings. The van der Waals surface area contributed by atoms with Crippen molar-refractivity contribution in [2.75, 3.05) is 6.61 Å². The first-order valence-corrected chi connectivity index (χ1v) is 6.07. The van der Waals surface area contributed by atoms with Gasteiger partial charge in [0.05, 0.1) is 6.61 Å². The fraction of sp³-hybridized carbons (Fsp3) is 0.538. The Balaban J connectivity index is 2.10. The van der Waals surface area contributed by atoms with Gasteiger partial charge in [-0.05, 0) is 24.6 Å². The van der Waals surface area contributed by atoms with Crippen LogP contribution < -0.4 is 4.74 Å². The van der Waals surface area contributed by atoms with E-state index in [9.17, 15) is 15.3 Å². The predicted molar refractivity (Wildman–Crippen MR) is 65.6 cm³/mol. The van der Waals surface area contributed by atoms with Gasteiger partial charge in [0.15, 0.2) is 0 Å². The van der Waals surface area contributed by atoms with Crippen molar-refractivity contribution in [3.63, 3.8) is 0 Å². The molecule has 1 aliphatic rings. The summed E-state index contributed by atoms with van der Waals surface area (Å²) >= 11 is 0. The van der Waals surface area contributed by atoms with Crippen LogP contribution in [0.4, 0.5) is 0 Å². The molecule has 1 saturated heterocycles. The largest absolute Gasteiger partial charge is 0.462 e. The lowest BCUT2D eigenvalue weighted by molar-refractivity contribution is -0.277. The summed E-state index contributed by atoms with van der Waals surface area (Å²) in [6.45, 7) is 1.42. The zero-order chi connectivity index (χ0) is 14.0. The minimum atomic E-state index is -1.43. The second-order valence-corrected chi connectivity index (χ2v) is 4.63. The van der Waals surface area contributed by atoms with Crippen molar-refractivity contribution in [3.05, 3.63) is 29.8 Å². The highest BCUT2D eigenvalue weighted by Crippen LogP contribution is 2.24. The molecule has 2 rings (SSSR count). The smallest absolute Gasteiger partial charge is 0.229 e. The summed E-state index contributed by atoms with van der Waals surface area (Å²) < 4.78 is 10.7. The maximum absolute atomic E-state index is 9.81. The average molecular weight is 270 g/mol. The molecule has 0 bridgehead atoms. The van der Waals surface area contributed by atoms with Gasteiger partial charge in [-0.2, -0.15) is 0 Å². The summed E-state index contributed by atoms with van der Waals surface area (Å²) in [5.41, 5.74) is 0.974. The molecule has 4 N–H and O–H groups in total. The Morgan fingerprint density at radius 1 is 1.16 bits per heavy atom. The number of aliphatic hydroxyl groups excluding tert-OH is 4. The molecular weight excluding hydrogens is 252 g/mol. The van der Waals surface area contributed by atoms with Crippen molar-refractivity contribution in [3.8, 4) is 5.75 Å². The fourth-order valence-electron chi connectivity index (χ4n) is 1.99. The highest BCUT2D eigenvalue weighted by molar-refractivity contribution is 5.27. The second kappa shape index (κ2) is 5.85. The zero-order valence-electron chi connectivity index (χ0n) is 10.5. The van der Waals surface area contributed by atoms with Gasteiger partial charge >= 0.3 is 0 Å². The van der Waals surface area contributed by atoms with Crippen molar-refractivity contribution in [2.24, 2.45) is 0 Å². The van der Waals surface area contributed by atoms with Crippen LogP contribution in [-0.4, -0.2) is 57.7 Å². The van der Waals surface area contributed by atoms with E-state index in [0.29, 0.717) is 5.75 Å². The minimum absolute atomic E-state index is 0.474. The van der Waals surface area contributed by atoms with Crippen LogP contribution in [0.3, 0.4) is 0 Å². The van der Waals surface area contributed by atoms with Crippen LogP contribution in [0, 0.1) is 6.92 Å². The Kier molecular flexibility index (Phi) is 4.38. The number of rotatable bonds is 3. The van der Waals surface area contributed by atoms with Crippen molar-refractivity contribution in [2.45, 2.75) is 37.6 Å². The number of ether oxygens (including phenoxy) is 2. The predicted octanol–water partition coefficient (Wildman–Crippen LogP) is -0.826. The van der Waals surface area contributed by atoms with E-state index in [2.05, 4.69) is 0 Å². The van der Waals surface area contributed by atoms with Crippen LogP contribution in [-0.2, 0) is 4.74 Å². The highest BCUT2D eigenvalue weighted by atomic mass is 16.7. The molecule has 0 aromatic heterocycles. The normalized spacial score (nSPS) is 35.1. The number of hydrogen-bond donors (Lipinski definition) is 4. The van der Waals surface area contributed by atoms with E-state index in [4.69, 9.17) is 14.6 Å². The van der Waals surface area contributed by atoms with Crippen LogP contribution in [0.2, 0.25) is 0 Å². The molecule has 0 saturated carbocycles. The van der Waals surface area contributed by atoms with E-state index in [1.807, 2.05) is 13.0 Å². The van der Waals surface area contributed by atoms with E-state index in [1.54, 1.807) is 18.2 Å². The molecule has 0 spiro atoms. The standard InChI is InChI=1S/C13H18O6/c1-7-3-2-4-8(5-7)18-13-12(17)11(16)10(15)9(6-14)19-13/h2-5,9-17H,6H2,1H3/t9-,10-,11+,12-,13-/m0/s1. The topological polar surface area (TPSA) is 99.4 Å². The van der Waals surface area contributed by atoms with Gasteiger partial charge in [-0.3, -0.25) is 0 Å². The third-order valence-corrected chi connectivity index (χ3v) is 3.09. The highest BCUT2D eigenvalue weighted by Gasteiger charge is 2.44. The summed E-state index contributed by atoms with van der Waals surface area (Å²) in [7, 11) is 0. The number of aliphatic hydroxyl groups is 4. The third-order valence-electron chi connectivity index (χ3n) is 3.09. The molecule has 1 heterocycles. The van der Waals surface area contributed by atoms with Crippen LogP contribution >= 0.6 is 0 Å². The van der Waals surface area contributed by atoms with Gasteiger partial charge in [0.25, 0.3) is 0 Å². The van der Waals surface area contributed by atoms with Gasteiger partial charge in [-0.25, -0.2) is 0 Å². The molecule has 19 heavy (non-hydrogen) atoms. The molecule has 5 atom stereocenters. The Morgan fingerprint density at radius 2 is 1.89 bits per heavy atom. The van der Waals surface area contributed by atoms with E-state index >= 15 is 0 Å². The SMILES string of the molecule is Cc1cccc(O[C@H]2O[C@@H](CO)[C@H](O)[C@@H](O)[C@@H]2O)c1. The van der Waals surface area contributed by atoms with Crippen LogP contribution in [0.15, 0.2) is 24.3 Å². The summed E-state index contributed by atoms with van der Waals surface area (Å²) in [5, 5.41) is 38.1. The Bertz CT molecular complexity index is 421. The molecule has 106 valence electrons. The summed E-state index contributed by atoms with van der Waals surface area (Å²) in [6.07, 6.45) is -6.30. The van der Waals surface area contributed by atoms with Crippen LogP contribution in [0.5, 0.6) is 5.75 Å². The first-order chi connectivity index (χ1) is 9.02. The average Bonchev–Trinajstić information content (AvgIpc) is 2.39. The lowest BCUT2D eigenvalue weighted by Crippen LogP contribution is -2.60. The van der Waals surface area contributed by atoms with Crippen LogP contribution in [0.25, 0.3) is 0 Å². The Labute approximate surface area is 110 Å². The fourth-order valence-corrected chi connectivity index (χ4v) is 1.99. The summed E-state index contributed by atoms with van der Waals surface area (Å²) in [5.74, 6) is 0.476. The molecule has 6 nitrogen and oxygen atoms in total. The van der Waals surface area contributed by atoms with Gasteiger partial charge in [0, 0.05) is 0 Å². The first kappa shape index (κ1) is 14.2. The number of hydrogen-bond acceptors (Lipinski definition) is 6. The van der Waals surface area contributed by atoms with Crippen LogP contribution in [0.1, 0.15) is 5.56 Å². The van der Waals surface area contributed by atoms with Crippen molar-refractivity contribution in [1.29, 1.82) is 0 Å². The molecule has 1 aromatic rings. The monoisotopic (exact) mass is 270 g/mol. The van der Waals surface area contributed by atoms with E-state index < -0.39 is 37.3 Å². The number of aryl methyl sites for hydroxylation is 1. The summed E-state index contributed by atoms with van der Waals surface area (Å²) in [6, 6.07) is 7.12. The molecule has 0 unspecified atom stereocenters. The molecule has 1 aliphatic heterocycles. The van der Waals surface area contributed by atoms with Gasteiger partial charge < -0.3 is 29.9 Å². The van der Waals surface area contributed by atoms with E-state index in [-0.39, 0.29) is 0 Å². The molecular formula is C13H18O6. The zero-order valence-corrected chi connectivity index (χ0v) is 10.5. The van der Waals surface area contributed by atoms with Crippen molar-refractivity contribution in [1.82, 2.24) is 0 Å². The Morgan fingerprint density at radius 3 is 2.53 bits per heavy atom. The maximum Gasteiger partial charge on any atom is 0.229 e. The minimum Gasteiger partial charge on any atom is -0.462 e. The lowest BCUT2D eigenvalue weighted by atomic mass is 9.99. The first-order valence-electron chi connectivity index (χ1n) is 6.07. The molecule has 1 aromatic carbocycles. The van der Waals surface area contributed by atoms with Gasteiger partial charge in [-0.1, -0.05) is 12.1 Å². The Hall–Kier alpha value is -1.18. The third kappa shape index (κ3) is 3.05. The second-order valence-electron chi connectivity index (χ2n) is 4.63.